The number of carboxylic acid groups (broad SMARTS) is 1. The van der Waals surface area contributed by atoms with Crippen molar-refractivity contribution in [3.63, 3.8) is 0 Å². The average molecular weight is 432 g/mol. The van der Waals surface area contributed by atoms with E-state index < -0.39 is 12.1 Å². The number of nitrogens with zero attached hydrogens (tertiary/aromatic N) is 3. The van der Waals surface area contributed by atoms with Gasteiger partial charge in [-0.1, -0.05) is 42.5 Å². The second-order valence-corrected chi connectivity index (χ2v) is 8.23. The molecule has 3 heterocycles. The van der Waals surface area contributed by atoms with E-state index in [1.807, 2.05) is 66.4 Å². The first-order chi connectivity index (χ1) is 15.5. The van der Waals surface area contributed by atoms with Gasteiger partial charge in [-0.25, -0.2) is 10.2 Å². The highest BCUT2D eigenvalue weighted by molar-refractivity contribution is 6.09. The number of nitrogens with one attached hydrogen (secondary N) is 1. The maximum absolute atomic E-state index is 12.2. The fourth-order valence-electron chi connectivity index (χ4n) is 4.57. The van der Waals surface area contributed by atoms with Gasteiger partial charge in [0.05, 0.1) is 5.69 Å². The van der Waals surface area contributed by atoms with Crippen LogP contribution in [-0.2, 0) is 11.2 Å². The molecule has 2 amide bonds. The van der Waals surface area contributed by atoms with Gasteiger partial charge >= 0.3 is 6.09 Å². The van der Waals surface area contributed by atoms with Crippen molar-refractivity contribution in [2.45, 2.75) is 31.8 Å². The number of rotatable bonds is 3. The van der Waals surface area contributed by atoms with Gasteiger partial charge in [0.2, 0.25) is 0 Å². The second-order valence-electron chi connectivity index (χ2n) is 8.23. The number of fused-ring (bicyclic) bond motifs is 3. The van der Waals surface area contributed by atoms with Gasteiger partial charge in [0.1, 0.15) is 18.4 Å². The highest BCUT2D eigenvalue weighted by atomic mass is 16.5. The Morgan fingerprint density at radius 2 is 2.06 bits per heavy atom. The molecule has 0 saturated heterocycles. The van der Waals surface area contributed by atoms with E-state index in [1.165, 1.54) is 4.90 Å². The van der Waals surface area contributed by atoms with Crippen LogP contribution < -0.4 is 15.1 Å². The summed E-state index contributed by atoms with van der Waals surface area (Å²) in [4.78, 5) is 27.4. The molecule has 0 saturated carbocycles. The summed E-state index contributed by atoms with van der Waals surface area (Å²) in [6, 6.07) is 15.3. The Bertz CT molecular complexity index is 1130. The zero-order chi connectivity index (χ0) is 22.2. The largest absolute Gasteiger partial charge is 0.483 e. The predicted octanol–water partition coefficient (Wildman–Crippen LogP) is 3.10. The lowest BCUT2D eigenvalue weighted by atomic mass is 9.90. The fraction of sp³-hybridized carbons (Fsp3) is 0.292. The number of ether oxygens (including phenoxy) is 1. The number of hydrogen-bond donors (Lipinski definition) is 2. The number of anilines is 1. The molecule has 2 aromatic carbocycles. The van der Waals surface area contributed by atoms with Crippen LogP contribution in [0.2, 0.25) is 0 Å². The van der Waals surface area contributed by atoms with E-state index in [-0.39, 0.29) is 11.9 Å². The van der Waals surface area contributed by atoms with E-state index in [0.29, 0.717) is 37.6 Å². The maximum Gasteiger partial charge on any atom is 0.407 e. The summed E-state index contributed by atoms with van der Waals surface area (Å²) in [5, 5.41) is 13.9. The van der Waals surface area contributed by atoms with Gasteiger partial charge in [-0.15, -0.1) is 0 Å². The molecule has 2 N–H and O–H groups in total. The maximum atomic E-state index is 12.2. The van der Waals surface area contributed by atoms with Crippen LogP contribution in [0.5, 0.6) is 5.75 Å². The summed E-state index contributed by atoms with van der Waals surface area (Å²) in [6.07, 6.45) is 2.33. The number of hydrazone groups is 1. The Kier molecular flexibility index (Phi) is 5.05. The highest BCUT2D eigenvalue weighted by Gasteiger charge is 2.35. The van der Waals surface area contributed by atoms with E-state index in [9.17, 15) is 14.7 Å². The normalized spacial score (nSPS) is 22.1. The van der Waals surface area contributed by atoms with Crippen LogP contribution in [-0.4, -0.2) is 53.1 Å². The number of carbonyl (C=O) groups excluding carboxylic acids is 1. The molecule has 8 nitrogen and oxygen atoms in total. The minimum Gasteiger partial charge on any atom is -0.483 e. The summed E-state index contributed by atoms with van der Waals surface area (Å²) in [7, 11) is 0. The molecule has 2 unspecified atom stereocenters. The molecule has 2 aromatic rings. The van der Waals surface area contributed by atoms with Crippen molar-refractivity contribution in [3.05, 3.63) is 65.7 Å². The topological polar surface area (TPSA) is 94.5 Å². The second kappa shape index (κ2) is 8.03. The number of hydrogen-bond acceptors (Lipinski definition) is 5. The number of amides is 2. The molecular weight excluding hydrogens is 408 g/mol. The molecule has 164 valence electrons. The lowest BCUT2D eigenvalue weighted by molar-refractivity contribution is -0.122. The number of carbonyl (C=O) groups is 2. The summed E-state index contributed by atoms with van der Waals surface area (Å²) in [5.41, 5.74) is 6.53. The van der Waals surface area contributed by atoms with Crippen molar-refractivity contribution in [3.8, 4) is 5.75 Å². The van der Waals surface area contributed by atoms with Crippen molar-refractivity contribution in [1.29, 1.82) is 0 Å². The molecule has 0 radical (unpaired) electrons. The standard InChI is InChI=1S/C24H24N4O4/c1-15-23(29)26-25-22-14-32-21-8-7-17(13-20(21)28(15)22)18-9-10-27(24(30)31)19(12-18)11-16-5-3-2-4-6-16/h2-9,13,15,19H,10-12,14H2,1H3,(H,26,29)(H,30,31). The molecular formula is C24H24N4O4. The molecule has 0 aromatic heterocycles. The molecule has 2 atom stereocenters. The third-order valence-electron chi connectivity index (χ3n) is 6.28. The van der Waals surface area contributed by atoms with Crippen molar-refractivity contribution in [1.82, 2.24) is 10.3 Å². The summed E-state index contributed by atoms with van der Waals surface area (Å²) in [5.74, 6) is 1.21. The van der Waals surface area contributed by atoms with Crippen LogP contribution in [0, 0.1) is 0 Å². The lowest BCUT2D eigenvalue weighted by Crippen LogP contribution is -2.55. The summed E-state index contributed by atoms with van der Waals surface area (Å²) < 4.78 is 5.84. The Labute approximate surface area is 185 Å². The Hall–Kier alpha value is -3.81. The minimum atomic E-state index is -0.908. The molecule has 3 aliphatic rings. The zero-order valence-electron chi connectivity index (χ0n) is 17.7. The minimum absolute atomic E-state index is 0.154. The van der Waals surface area contributed by atoms with Gasteiger partial charge in [-0.05, 0) is 48.6 Å². The van der Waals surface area contributed by atoms with Crippen molar-refractivity contribution in [2.75, 3.05) is 18.1 Å². The van der Waals surface area contributed by atoms with E-state index in [4.69, 9.17) is 4.74 Å². The molecule has 0 aliphatic carbocycles. The summed E-state index contributed by atoms with van der Waals surface area (Å²) >= 11 is 0. The van der Waals surface area contributed by atoms with Crippen molar-refractivity contribution in [2.24, 2.45) is 5.10 Å². The molecule has 5 rings (SSSR count). The summed E-state index contributed by atoms with van der Waals surface area (Å²) in [6.45, 7) is 2.48. The molecule has 32 heavy (non-hydrogen) atoms. The van der Waals surface area contributed by atoms with Crippen LogP contribution >= 0.6 is 0 Å². The monoisotopic (exact) mass is 432 g/mol. The van der Waals surface area contributed by atoms with E-state index in [2.05, 4.69) is 10.5 Å². The third-order valence-corrected chi connectivity index (χ3v) is 6.28. The van der Waals surface area contributed by atoms with E-state index >= 15 is 0 Å². The smallest absolute Gasteiger partial charge is 0.407 e. The van der Waals surface area contributed by atoms with Gasteiger partial charge in [-0.2, -0.15) is 5.10 Å². The van der Waals surface area contributed by atoms with Crippen molar-refractivity contribution < 1.29 is 19.4 Å². The van der Waals surface area contributed by atoms with Gasteiger partial charge in [0.15, 0.2) is 5.84 Å². The van der Waals surface area contributed by atoms with Gasteiger partial charge < -0.3 is 19.6 Å². The molecule has 0 spiro atoms. The van der Waals surface area contributed by atoms with E-state index in [0.717, 1.165) is 22.4 Å². The molecule has 0 bridgehead atoms. The SMILES string of the molecule is CC1C(=O)NN=C2COc3ccc(C4=CCN(C(=O)O)C(Cc5ccccc5)C4)cc3N21. The van der Waals surface area contributed by atoms with Crippen LogP contribution in [0.1, 0.15) is 24.5 Å². The van der Waals surface area contributed by atoms with Crippen LogP contribution in [0.3, 0.4) is 0 Å². The first-order valence-electron chi connectivity index (χ1n) is 10.7. The molecule has 8 heteroatoms. The van der Waals surface area contributed by atoms with Crippen molar-refractivity contribution >= 4 is 29.1 Å². The first kappa shape index (κ1) is 20.1. The van der Waals surface area contributed by atoms with E-state index in [1.54, 1.807) is 0 Å². The van der Waals surface area contributed by atoms with Gasteiger partial charge in [0.25, 0.3) is 5.91 Å². The quantitative estimate of drug-likeness (QED) is 0.777. The molecule has 0 fully saturated rings. The molecule has 3 aliphatic heterocycles. The Morgan fingerprint density at radius 1 is 1.25 bits per heavy atom. The Balaban J connectivity index is 1.46. The first-order valence-corrected chi connectivity index (χ1v) is 10.7. The number of amidine groups is 1. The van der Waals surface area contributed by atoms with Crippen LogP contribution in [0.4, 0.5) is 10.5 Å². The van der Waals surface area contributed by atoms with Crippen LogP contribution in [0.15, 0.2) is 59.7 Å². The van der Waals surface area contributed by atoms with Gasteiger partial charge in [0, 0.05) is 12.6 Å². The lowest BCUT2D eigenvalue weighted by Gasteiger charge is -2.38. The van der Waals surface area contributed by atoms with Gasteiger partial charge in [-0.3, -0.25) is 4.79 Å². The third kappa shape index (κ3) is 3.57. The Morgan fingerprint density at radius 3 is 2.84 bits per heavy atom. The predicted molar refractivity (Wildman–Crippen MR) is 121 cm³/mol. The fourth-order valence-corrected chi connectivity index (χ4v) is 4.57. The average Bonchev–Trinajstić information content (AvgIpc) is 2.81. The highest BCUT2D eigenvalue weighted by Crippen LogP contribution is 2.38. The number of benzene rings is 2. The van der Waals surface area contributed by atoms with Crippen LogP contribution in [0.25, 0.3) is 5.57 Å². The zero-order valence-corrected chi connectivity index (χ0v) is 17.7.